The Hall–Kier alpha value is -1.35. The monoisotopic (exact) mass is 236 g/mol. The second kappa shape index (κ2) is 7.07. The quantitative estimate of drug-likeness (QED) is 0.683. The van der Waals surface area contributed by atoms with Gasteiger partial charge in [-0.05, 0) is 25.0 Å². The number of hydrogen-bond acceptors (Lipinski definition) is 3. The number of ether oxygens (including phenoxy) is 2. The van der Waals surface area contributed by atoms with E-state index in [1.54, 1.807) is 12.1 Å². The summed E-state index contributed by atoms with van der Waals surface area (Å²) in [6, 6.07) is 7.26. The van der Waals surface area contributed by atoms with Gasteiger partial charge in [-0.25, -0.2) is 0 Å². The molecule has 0 saturated carbocycles. The predicted molar refractivity (Wildman–Crippen MR) is 67.6 cm³/mol. The highest BCUT2D eigenvalue weighted by Gasteiger charge is 2.11. The summed E-state index contributed by atoms with van der Waals surface area (Å²) in [5.74, 6) is 1.03. The highest BCUT2D eigenvalue weighted by Crippen LogP contribution is 2.18. The molecule has 0 saturated heterocycles. The predicted octanol–water partition coefficient (Wildman–Crippen LogP) is 2.94. The summed E-state index contributed by atoms with van der Waals surface area (Å²) in [5.41, 5.74) is 0.595. The van der Waals surface area contributed by atoms with Crippen LogP contribution in [0.2, 0.25) is 0 Å². The van der Waals surface area contributed by atoms with Crippen molar-refractivity contribution in [2.75, 3.05) is 19.8 Å². The molecule has 0 radical (unpaired) electrons. The van der Waals surface area contributed by atoms with Crippen LogP contribution in [0.5, 0.6) is 5.75 Å². The fraction of sp³-hybridized carbons (Fsp3) is 0.500. The Morgan fingerprint density at radius 1 is 1.29 bits per heavy atom. The molecule has 0 N–H and O–H groups in total. The van der Waals surface area contributed by atoms with E-state index >= 15 is 0 Å². The first-order valence-electron chi connectivity index (χ1n) is 5.98. The lowest BCUT2D eigenvalue weighted by molar-refractivity contribution is 0.0702. The van der Waals surface area contributed by atoms with Gasteiger partial charge in [0.2, 0.25) is 0 Å². The van der Waals surface area contributed by atoms with Gasteiger partial charge < -0.3 is 9.47 Å². The average Bonchev–Trinajstić information content (AvgIpc) is 2.29. The molecule has 1 aromatic rings. The number of para-hydroxylation sites is 1. The molecule has 0 amide bonds. The standard InChI is InChI=1S/C14H20O3/c1-4-17-14-8-6-5-7-12(14)13(15)10-16-9-11(2)3/h5-8,11H,4,9-10H2,1-3H3. The highest BCUT2D eigenvalue weighted by atomic mass is 16.5. The second-order valence-corrected chi connectivity index (χ2v) is 4.26. The van der Waals surface area contributed by atoms with Crippen molar-refractivity contribution in [3.63, 3.8) is 0 Å². The van der Waals surface area contributed by atoms with Gasteiger partial charge in [-0.3, -0.25) is 4.79 Å². The van der Waals surface area contributed by atoms with Crippen molar-refractivity contribution >= 4 is 5.78 Å². The lowest BCUT2D eigenvalue weighted by Gasteiger charge is -2.10. The molecule has 0 fully saturated rings. The molecule has 0 bridgehead atoms. The van der Waals surface area contributed by atoms with Crippen LogP contribution in [0.4, 0.5) is 0 Å². The van der Waals surface area contributed by atoms with Gasteiger partial charge in [0.25, 0.3) is 0 Å². The molecule has 0 aliphatic rings. The van der Waals surface area contributed by atoms with E-state index in [0.717, 1.165) is 0 Å². The Morgan fingerprint density at radius 2 is 2.00 bits per heavy atom. The molecule has 1 rings (SSSR count). The minimum Gasteiger partial charge on any atom is -0.493 e. The van der Waals surface area contributed by atoms with E-state index in [1.165, 1.54) is 0 Å². The van der Waals surface area contributed by atoms with Crippen LogP contribution in [-0.4, -0.2) is 25.6 Å². The molecule has 0 atom stereocenters. The number of ketones is 1. The van der Waals surface area contributed by atoms with E-state index in [1.807, 2.05) is 19.1 Å². The summed E-state index contributed by atoms with van der Waals surface area (Å²) in [6.45, 7) is 7.27. The maximum Gasteiger partial charge on any atom is 0.192 e. The van der Waals surface area contributed by atoms with Gasteiger partial charge in [0.05, 0.1) is 12.2 Å². The number of rotatable bonds is 7. The fourth-order valence-electron chi connectivity index (χ4n) is 1.44. The Bertz CT molecular complexity index is 358. The molecular formula is C14H20O3. The molecule has 94 valence electrons. The summed E-state index contributed by atoms with van der Waals surface area (Å²) < 4.78 is 10.7. The van der Waals surface area contributed by atoms with Crippen molar-refractivity contribution in [1.29, 1.82) is 0 Å². The Morgan fingerprint density at radius 3 is 2.65 bits per heavy atom. The van der Waals surface area contributed by atoms with Crippen molar-refractivity contribution in [1.82, 2.24) is 0 Å². The molecule has 3 nitrogen and oxygen atoms in total. The minimum atomic E-state index is -0.0327. The summed E-state index contributed by atoms with van der Waals surface area (Å²) in [6.07, 6.45) is 0. The van der Waals surface area contributed by atoms with Crippen molar-refractivity contribution in [3.8, 4) is 5.75 Å². The van der Waals surface area contributed by atoms with E-state index in [4.69, 9.17) is 9.47 Å². The molecule has 0 unspecified atom stereocenters. The third kappa shape index (κ3) is 4.57. The largest absolute Gasteiger partial charge is 0.493 e. The van der Waals surface area contributed by atoms with Crippen molar-refractivity contribution in [2.24, 2.45) is 5.92 Å². The van der Waals surface area contributed by atoms with Crippen LogP contribution in [0.3, 0.4) is 0 Å². The van der Waals surface area contributed by atoms with Crippen LogP contribution >= 0.6 is 0 Å². The maximum atomic E-state index is 11.9. The molecule has 0 aliphatic heterocycles. The van der Waals surface area contributed by atoms with Gasteiger partial charge in [0.1, 0.15) is 12.4 Å². The number of benzene rings is 1. The first-order valence-corrected chi connectivity index (χ1v) is 5.98. The summed E-state index contributed by atoms with van der Waals surface area (Å²) in [7, 11) is 0. The minimum absolute atomic E-state index is 0.0327. The third-order valence-corrected chi connectivity index (χ3v) is 2.17. The van der Waals surface area contributed by atoms with E-state index in [9.17, 15) is 4.79 Å². The van der Waals surface area contributed by atoms with Gasteiger partial charge in [-0.1, -0.05) is 26.0 Å². The first-order chi connectivity index (χ1) is 8.15. The lowest BCUT2D eigenvalue weighted by Crippen LogP contribution is -2.13. The van der Waals surface area contributed by atoms with Gasteiger partial charge in [0.15, 0.2) is 5.78 Å². The van der Waals surface area contributed by atoms with Crippen LogP contribution < -0.4 is 4.74 Å². The molecule has 0 spiro atoms. The first kappa shape index (κ1) is 13.7. The normalized spacial score (nSPS) is 10.6. The molecule has 0 aliphatic carbocycles. The van der Waals surface area contributed by atoms with E-state index in [0.29, 0.717) is 30.4 Å². The van der Waals surface area contributed by atoms with E-state index < -0.39 is 0 Å². The maximum absolute atomic E-state index is 11.9. The van der Waals surface area contributed by atoms with Crippen LogP contribution in [0, 0.1) is 5.92 Å². The molecule has 3 heteroatoms. The van der Waals surface area contributed by atoms with Gasteiger partial charge in [-0.15, -0.1) is 0 Å². The van der Waals surface area contributed by atoms with Crippen molar-refractivity contribution < 1.29 is 14.3 Å². The molecule has 1 aromatic carbocycles. The summed E-state index contributed by atoms with van der Waals surface area (Å²) >= 11 is 0. The fourth-order valence-corrected chi connectivity index (χ4v) is 1.44. The molecular weight excluding hydrogens is 216 g/mol. The molecule has 0 heterocycles. The zero-order valence-electron chi connectivity index (χ0n) is 10.7. The number of carbonyl (C=O) groups excluding carboxylic acids is 1. The number of Topliss-reactive ketones (excluding diaryl/α,β-unsaturated/α-hetero) is 1. The van der Waals surface area contributed by atoms with Gasteiger partial charge in [0, 0.05) is 6.61 Å². The highest BCUT2D eigenvalue weighted by molar-refractivity contribution is 5.99. The van der Waals surface area contributed by atoms with Gasteiger partial charge >= 0.3 is 0 Å². The average molecular weight is 236 g/mol. The van der Waals surface area contributed by atoms with Crippen LogP contribution in [0.15, 0.2) is 24.3 Å². The zero-order valence-corrected chi connectivity index (χ0v) is 10.7. The zero-order chi connectivity index (χ0) is 12.7. The van der Waals surface area contributed by atoms with Crippen LogP contribution in [-0.2, 0) is 4.74 Å². The Balaban J connectivity index is 2.61. The van der Waals surface area contributed by atoms with Crippen molar-refractivity contribution in [2.45, 2.75) is 20.8 Å². The van der Waals surface area contributed by atoms with Gasteiger partial charge in [-0.2, -0.15) is 0 Å². The molecule has 0 aromatic heterocycles. The smallest absolute Gasteiger partial charge is 0.192 e. The van der Waals surface area contributed by atoms with Crippen LogP contribution in [0.1, 0.15) is 31.1 Å². The lowest BCUT2D eigenvalue weighted by atomic mass is 10.1. The summed E-state index contributed by atoms with van der Waals surface area (Å²) in [5, 5.41) is 0. The Kier molecular flexibility index (Phi) is 5.70. The third-order valence-electron chi connectivity index (χ3n) is 2.17. The van der Waals surface area contributed by atoms with Crippen molar-refractivity contribution in [3.05, 3.63) is 29.8 Å². The van der Waals surface area contributed by atoms with E-state index in [-0.39, 0.29) is 12.4 Å². The van der Waals surface area contributed by atoms with Crippen LogP contribution in [0.25, 0.3) is 0 Å². The van der Waals surface area contributed by atoms with E-state index in [2.05, 4.69) is 13.8 Å². The SMILES string of the molecule is CCOc1ccccc1C(=O)COCC(C)C. The number of hydrogen-bond donors (Lipinski definition) is 0. The number of carbonyl (C=O) groups is 1. The second-order valence-electron chi connectivity index (χ2n) is 4.26. The molecule has 17 heavy (non-hydrogen) atoms. The Labute approximate surface area is 103 Å². The topological polar surface area (TPSA) is 35.5 Å². The summed E-state index contributed by atoms with van der Waals surface area (Å²) in [4.78, 5) is 11.9.